The highest BCUT2D eigenvalue weighted by Gasteiger charge is 2.07. The maximum Gasteiger partial charge on any atom is 0.145 e. The molecule has 0 aliphatic rings. The van der Waals surface area contributed by atoms with Crippen LogP contribution in [0.4, 0.5) is 5.82 Å². The Kier molecular flexibility index (Phi) is 2.70. The van der Waals surface area contributed by atoms with E-state index in [-0.39, 0.29) is 0 Å². The van der Waals surface area contributed by atoms with Crippen molar-refractivity contribution in [3.63, 3.8) is 0 Å². The van der Waals surface area contributed by atoms with Crippen molar-refractivity contribution < 1.29 is 0 Å². The molecule has 0 aliphatic heterocycles. The third-order valence-corrected chi connectivity index (χ3v) is 2.87. The predicted octanol–water partition coefficient (Wildman–Crippen LogP) is 1.18. The Morgan fingerprint density at radius 3 is 2.93 bits per heavy atom. The molecule has 6 heteroatoms. The fourth-order valence-electron chi connectivity index (χ4n) is 1.26. The molecule has 0 unspecified atom stereocenters. The van der Waals surface area contributed by atoms with Gasteiger partial charge in [-0.1, -0.05) is 0 Å². The van der Waals surface area contributed by atoms with Crippen LogP contribution in [0.1, 0.15) is 4.88 Å². The summed E-state index contributed by atoms with van der Waals surface area (Å²) < 4.78 is 0. The van der Waals surface area contributed by atoms with Crippen LogP contribution in [0.5, 0.6) is 0 Å². The van der Waals surface area contributed by atoms with Gasteiger partial charge in [-0.25, -0.2) is 4.98 Å². The Balaban J connectivity index is 2.20. The number of nitrogens with two attached hydrogens (primary N) is 1. The Morgan fingerprint density at radius 1 is 1.53 bits per heavy atom. The van der Waals surface area contributed by atoms with Crippen molar-refractivity contribution in [3.05, 3.63) is 17.1 Å². The van der Waals surface area contributed by atoms with E-state index < -0.39 is 0 Å². The summed E-state index contributed by atoms with van der Waals surface area (Å²) in [4.78, 5) is 7.65. The molecule has 2 aromatic rings. The van der Waals surface area contributed by atoms with Crippen molar-refractivity contribution in [3.8, 4) is 10.7 Å². The summed E-state index contributed by atoms with van der Waals surface area (Å²) in [5.41, 5.74) is 6.41. The van der Waals surface area contributed by atoms with Crippen molar-refractivity contribution in [1.82, 2.24) is 20.1 Å². The zero-order valence-corrected chi connectivity index (χ0v) is 9.51. The Morgan fingerprint density at radius 2 is 2.33 bits per heavy atom. The van der Waals surface area contributed by atoms with E-state index in [0.717, 1.165) is 17.2 Å². The van der Waals surface area contributed by atoms with E-state index in [0.29, 0.717) is 5.82 Å². The van der Waals surface area contributed by atoms with Gasteiger partial charge in [0.25, 0.3) is 0 Å². The van der Waals surface area contributed by atoms with Gasteiger partial charge in [0.1, 0.15) is 10.8 Å². The molecule has 2 rings (SSSR count). The molecule has 3 N–H and O–H groups in total. The van der Waals surface area contributed by atoms with Gasteiger partial charge in [-0.3, -0.25) is 5.10 Å². The zero-order valence-electron chi connectivity index (χ0n) is 8.69. The minimum Gasteiger partial charge on any atom is -0.382 e. The lowest BCUT2D eigenvalue weighted by molar-refractivity contribution is 0.406. The molecular formula is C9H13N5S. The van der Waals surface area contributed by atoms with Gasteiger partial charge in [0.2, 0.25) is 0 Å². The van der Waals surface area contributed by atoms with Gasteiger partial charge >= 0.3 is 0 Å². The molecule has 80 valence electrons. The topological polar surface area (TPSA) is 70.8 Å². The lowest BCUT2D eigenvalue weighted by Crippen LogP contribution is -2.09. The summed E-state index contributed by atoms with van der Waals surface area (Å²) >= 11 is 1.65. The van der Waals surface area contributed by atoms with Gasteiger partial charge in [0.15, 0.2) is 0 Å². The molecule has 0 saturated carbocycles. The molecule has 0 aromatic carbocycles. The van der Waals surface area contributed by atoms with Crippen LogP contribution < -0.4 is 5.73 Å². The normalized spacial score (nSPS) is 11.1. The quantitative estimate of drug-likeness (QED) is 0.819. The smallest absolute Gasteiger partial charge is 0.145 e. The Labute approximate surface area is 91.9 Å². The summed E-state index contributed by atoms with van der Waals surface area (Å²) in [6, 6.07) is 1.79. The number of aromatic amines is 1. The second kappa shape index (κ2) is 4.00. The van der Waals surface area contributed by atoms with Crippen molar-refractivity contribution in [1.29, 1.82) is 0 Å². The van der Waals surface area contributed by atoms with Crippen molar-refractivity contribution >= 4 is 17.2 Å². The number of aromatic nitrogens is 3. The molecule has 0 atom stereocenters. The average Bonchev–Trinajstić information content (AvgIpc) is 2.72. The Bertz CT molecular complexity index is 445. The Hall–Kier alpha value is -1.40. The van der Waals surface area contributed by atoms with E-state index in [1.54, 1.807) is 17.4 Å². The lowest BCUT2D eigenvalue weighted by atomic mass is 10.4. The van der Waals surface area contributed by atoms with Crippen molar-refractivity contribution in [2.45, 2.75) is 6.54 Å². The van der Waals surface area contributed by atoms with E-state index in [4.69, 9.17) is 5.73 Å². The van der Waals surface area contributed by atoms with E-state index >= 15 is 0 Å². The number of nitrogens with zero attached hydrogens (tertiary/aromatic N) is 3. The van der Waals surface area contributed by atoms with Crippen molar-refractivity contribution in [2.75, 3.05) is 19.8 Å². The van der Waals surface area contributed by atoms with Gasteiger partial charge in [-0.2, -0.15) is 5.10 Å². The van der Waals surface area contributed by atoms with Gasteiger partial charge in [0, 0.05) is 23.7 Å². The highest BCUT2D eigenvalue weighted by Crippen LogP contribution is 2.24. The second-order valence-electron chi connectivity index (χ2n) is 3.58. The van der Waals surface area contributed by atoms with Crippen LogP contribution in [-0.2, 0) is 6.54 Å². The van der Waals surface area contributed by atoms with Crippen LogP contribution in [0.25, 0.3) is 10.7 Å². The van der Waals surface area contributed by atoms with E-state index in [2.05, 4.69) is 20.1 Å². The summed E-state index contributed by atoms with van der Waals surface area (Å²) in [5.74, 6) is 0.495. The van der Waals surface area contributed by atoms with Crippen molar-refractivity contribution in [2.24, 2.45) is 0 Å². The van der Waals surface area contributed by atoms with E-state index in [1.165, 1.54) is 4.88 Å². The molecule has 0 saturated heterocycles. The SMILES string of the molecule is CN(C)Cc1cnc(-c2cc(N)n[nH]2)s1. The number of hydrogen-bond donors (Lipinski definition) is 2. The molecular weight excluding hydrogens is 210 g/mol. The monoisotopic (exact) mass is 223 g/mol. The van der Waals surface area contributed by atoms with E-state index in [9.17, 15) is 0 Å². The summed E-state index contributed by atoms with van der Waals surface area (Å²) in [6.45, 7) is 0.904. The molecule has 0 amide bonds. The van der Waals surface area contributed by atoms with Crippen LogP contribution in [0.2, 0.25) is 0 Å². The lowest BCUT2D eigenvalue weighted by Gasteiger charge is -2.05. The first-order valence-corrected chi connectivity index (χ1v) is 5.37. The summed E-state index contributed by atoms with van der Waals surface area (Å²) in [5, 5.41) is 7.65. The fraction of sp³-hybridized carbons (Fsp3) is 0.333. The van der Waals surface area contributed by atoms with Crippen LogP contribution in [-0.4, -0.2) is 34.2 Å². The van der Waals surface area contributed by atoms with Crippen LogP contribution in [0, 0.1) is 0 Å². The first-order chi connectivity index (χ1) is 7.15. The number of anilines is 1. The number of H-pyrrole nitrogens is 1. The maximum absolute atomic E-state index is 5.53. The predicted molar refractivity (Wildman–Crippen MR) is 61.5 cm³/mol. The molecule has 0 fully saturated rings. The standard InChI is InChI=1S/C9H13N5S/c1-14(2)5-6-4-11-9(15-6)7-3-8(10)13-12-7/h3-4H,5H2,1-2H3,(H3,10,12,13). The molecule has 0 spiro atoms. The third-order valence-electron chi connectivity index (χ3n) is 1.85. The first-order valence-electron chi connectivity index (χ1n) is 4.56. The largest absolute Gasteiger partial charge is 0.382 e. The van der Waals surface area contributed by atoms with Gasteiger partial charge in [0.05, 0.1) is 5.69 Å². The number of nitrogens with one attached hydrogen (secondary N) is 1. The zero-order chi connectivity index (χ0) is 10.8. The molecule has 0 aliphatic carbocycles. The summed E-state index contributed by atoms with van der Waals surface area (Å²) in [7, 11) is 4.07. The minimum atomic E-state index is 0.495. The number of thiazole rings is 1. The number of rotatable bonds is 3. The molecule has 0 radical (unpaired) electrons. The second-order valence-corrected chi connectivity index (χ2v) is 4.69. The number of nitrogen functional groups attached to an aromatic ring is 1. The molecule has 2 heterocycles. The minimum absolute atomic E-state index is 0.495. The van der Waals surface area contributed by atoms with Gasteiger partial charge < -0.3 is 10.6 Å². The highest BCUT2D eigenvalue weighted by atomic mass is 32.1. The van der Waals surface area contributed by atoms with Crippen LogP contribution in [0.15, 0.2) is 12.3 Å². The maximum atomic E-state index is 5.53. The average molecular weight is 223 g/mol. The van der Waals surface area contributed by atoms with Gasteiger partial charge in [-0.05, 0) is 14.1 Å². The fourth-order valence-corrected chi connectivity index (χ4v) is 2.26. The highest BCUT2D eigenvalue weighted by molar-refractivity contribution is 7.14. The molecule has 0 bridgehead atoms. The van der Waals surface area contributed by atoms with Crippen LogP contribution in [0.3, 0.4) is 0 Å². The molecule has 15 heavy (non-hydrogen) atoms. The number of hydrogen-bond acceptors (Lipinski definition) is 5. The van der Waals surface area contributed by atoms with Gasteiger partial charge in [-0.15, -0.1) is 11.3 Å². The molecule has 5 nitrogen and oxygen atoms in total. The molecule has 2 aromatic heterocycles. The first kappa shape index (κ1) is 10.1. The van der Waals surface area contributed by atoms with Crippen LogP contribution >= 0.6 is 11.3 Å². The third kappa shape index (κ3) is 2.34. The van der Waals surface area contributed by atoms with E-state index in [1.807, 2.05) is 20.3 Å². The summed E-state index contributed by atoms with van der Waals surface area (Å²) in [6.07, 6.45) is 1.89.